The predicted molar refractivity (Wildman–Crippen MR) is 145 cm³/mol. The van der Waals surface area contributed by atoms with Crippen molar-refractivity contribution in [2.24, 2.45) is 0 Å². The monoisotopic (exact) mass is 485 g/mol. The maximum atomic E-state index is 13.7. The Labute approximate surface area is 211 Å². The molecule has 180 valence electrons. The van der Waals surface area contributed by atoms with E-state index in [0.29, 0.717) is 12.1 Å². The zero-order valence-electron chi connectivity index (χ0n) is 20.4. The predicted octanol–water partition coefficient (Wildman–Crippen LogP) is 5.95. The molecule has 0 unspecified atom stereocenters. The lowest BCUT2D eigenvalue weighted by Gasteiger charge is -2.27. The highest BCUT2D eigenvalue weighted by molar-refractivity contribution is 7.22. The zero-order chi connectivity index (χ0) is 24.2. The number of aryl methyl sites for hydroxylation is 2. The molecule has 1 aromatic heterocycles. The quantitative estimate of drug-likeness (QED) is 0.325. The molecule has 1 fully saturated rings. The molecular formula is C29H31N3O2S. The molecule has 1 amide bonds. The van der Waals surface area contributed by atoms with Gasteiger partial charge in [-0.05, 0) is 66.8 Å². The summed E-state index contributed by atoms with van der Waals surface area (Å²) in [5, 5.41) is 0.768. The Bertz CT molecular complexity index is 1260. The second-order valence-corrected chi connectivity index (χ2v) is 10.1. The number of ether oxygens (including phenoxy) is 1. The van der Waals surface area contributed by atoms with Crippen molar-refractivity contribution in [1.82, 2.24) is 9.88 Å². The molecule has 2 heterocycles. The number of nitrogens with zero attached hydrogens (tertiary/aromatic N) is 3. The minimum atomic E-state index is -0.000843. The van der Waals surface area contributed by atoms with Crippen molar-refractivity contribution in [2.45, 2.75) is 20.3 Å². The molecule has 0 atom stereocenters. The fourth-order valence-corrected chi connectivity index (χ4v) is 5.51. The highest BCUT2D eigenvalue weighted by atomic mass is 32.1. The normalized spacial score (nSPS) is 14.3. The van der Waals surface area contributed by atoms with E-state index < -0.39 is 0 Å². The van der Waals surface area contributed by atoms with Crippen molar-refractivity contribution in [3.63, 3.8) is 0 Å². The van der Waals surface area contributed by atoms with E-state index in [2.05, 4.69) is 43.0 Å². The summed E-state index contributed by atoms with van der Waals surface area (Å²) >= 11 is 1.60. The molecule has 5 rings (SSSR count). The van der Waals surface area contributed by atoms with Gasteiger partial charge in [0.05, 0.1) is 23.4 Å². The van der Waals surface area contributed by atoms with E-state index >= 15 is 0 Å². The molecule has 0 radical (unpaired) electrons. The molecule has 0 N–H and O–H groups in total. The van der Waals surface area contributed by atoms with Crippen LogP contribution in [-0.4, -0.2) is 55.2 Å². The number of thiazole rings is 1. The fraction of sp³-hybridized carbons (Fsp3) is 0.310. The number of carbonyl (C=O) groups excluding carboxylic acids is 1. The second-order valence-electron chi connectivity index (χ2n) is 9.11. The minimum absolute atomic E-state index is 0.000843. The largest absolute Gasteiger partial charge is 0.379 e. The van der Waals surface area contributed by atoms with Gasteiger partial charge in [0.25, 0.3) is 5.91 Å². The van der Waals surface area contributed by atoms with Crippen molar-refractivity contribution in [3.8, 4) is 11.1 Å². The first kappa shape index (κ1) is 23.7. The van der Waals surface area contributed by atoms with Crippen molar-refractivity contribution in [2.75, 3.05) is 44.3 Å². The van der Waals surface area contributed by atoms with Crippen LogP contribution in [-0.2, 0) is 4.74 Å². The summed E-state index contributed by atoms with van der Waals surface area (Å²) in [6, 6.07) is 22.5. The number of hydrogen-bond acceptors (Lipinski definition) is 5. The highest BCUT2D eigenvalue weighted by Crippen LogP contribution is 2.32. The summed E-state index contributed by atoms with van der Waals surface area (Å²) in [5.74, 6) is -0.000843. The van der Waals surface area contributed by atoms with E-state index in [1.165, 1.54) is 11.1 Å². The van der Waals surface area contributed by atoms with Crippen LogP contribution < -0.4 is 4.90 Å². The van der Waals surface area contributed by atoms with Gasteiger partial charge >= 0.3 is 0 Å². The van der Waals surface area contributed by atoms with Crippen LogP contribution in [0.1, 0.15) is 27.9 Å². The van der Waals surface area contributed by atoms with Crippen LogP contribution >= 0.6 is 11.3 Å². The van der Waals surface area contributed by atoms with Gasteiger partial charge in [-0.3, -0.25) is 14.6 Å². The van der Waals surface area contributed by atoms with Crippen molar-refractivity contribution in [3.05, 3.63) is 83.4 Å². The Kier molecular flexibility index (Phi) is 7.23. The SMILES string of the molecule is Cc1cc2nc(N(CCCN3CCOCC3)C(=O)c3ccc(-c4ccccc4)cc3)sc2cc1C. The third kappa shape index (κ3) is 5.45. The molecule has 5 nitrogen and oxygen atoms in total. The van der Waals surface area contributed by atoms with Gasteiger partial charge in [0.15, 0.2) is 5.13 Å². The molecule has 1 aliphatic heterocycles. The summed E-state index contributed by atoms with van der Waals surface area (Å²) in [6.45, 7) is 9.28. The third-order valence-electron chi connectivity index (χ3n) is 6.67. The zero-order valence-corrected chi connectivity index (χ0v) is 21.2. The lowest BCUT2D eigenvalue weighted by atomic mass is 10.0. The Morgan fingerprint density at radius 3 is 2.40 bits per heavy atom. The molecule has 4 aromatic rings. The lowest BCUT2D eigenvalue weighted by Crippen LogP contribution is -2.39. The Hall–Kier alpha value is -3.06. The molecule has 0 spiro atoms. The number of benzene rings is 3. The first-order valence-electron chi connectivity index (χ1n) is 12.2. The van der Waals surface area contributed by atoms with E-state index in [0.717, 1.165) is 65.7 Å². The van der Waals surface area contributed by atoms with Gasteiger partial charge in [0, 0.05) is 31.7 Å². The average Bonchev–Trinajstić information content (AvgIpc) is 3.30. The number of rotatable bonds is 7. The molecular weight excluding hydrogens is 454 g/mol. The smallest absolute Gasteiger partial charge is 0.260 e. The van der Waals surface area contributed by atoms with Gasteiger partial charge in [-0.1, -0.05) is 53.8 Å². The van der Waals surface area contributed by atoms with E-state index in [4.69, 9.17) is 9.72 Å². The number of carbonyl (C=O) groups is 1. The first-order valence-corrected chi connectivity index (χ1v) is 13.1. The number of fused-ring (bicyclic) bond motifs is 1. The van der Waals surface area contributed by atoms with Gasteiger partial charge in [0.2, 0.25) is 0 Å². The maximum absolute atomic E-state index is 13.7. The first-order chi connectivity index (χ1) is 17.1. The molecule has 0 bridgehead atoms. The molecule has 1 saturated heterocycles. The van der Waals surface area contributed by atoms with E-state index in [1.54, 1.807) is 11.3 Å². The Morgan fingerprint density at radius 1 is 0.971 bits per heavy atom. The molecule has 1 aliphatic rings. The van der Waals surface area contributed by atoms with Crippen LogP contribution in [0.4, 0.5) is 5.13 Å². The second kappa shape index (κ2) is 10.7. The molecule has 6 heteroatoms. The van der Waals surface area contributed by atoms with Crippen molar-refractivity contribution in [1.29, 1.82) is 0 Å². The van der Waals surface area contributed by atoms with Crippen LogP contribution in [0, 0.1) is 13.8 Å². The fourth-order valence-electron chi connectivity index (χ4n) is 4.44. The summed E-state index contributed by atoms with van der Waals surface area (Å²) in [7, 11) is 0. The van der Waals surface area contributed by atoms with E-state index in [1.807, 2.05) is 47.4 Å². The van der Waals surface area contributed by atoms with Crippen LogP contribution in [0.2, 0.25) is 0 Å². The maximum Gasteiger partial charge on any atom is 0.260 e. The topological polar surface area (TPSA) is 45.7 Å². The minimum Gasteiger partial charge on any atom is -0.379 e. The van der Waals surface area contributed by atoms with Crippen LogP contribution in [0.15, 0.2) is 66.7 Å². The number of amides is 1. The van der Waals surface area contributed by atoms with Crippen molar-refractivity contribution < 1.29 is 9.53 Å². The standard InChI is InChI=1S/C29H31N3O2S/c1-21-19-26-27(20-22(21)2)35-29(30-26)32(14-6-13-31-15-17-34-18-16-31)28(33)25-11-9-24(10-12-25)23-7-4-3-5-8-23/h3-5,7-12,19-20H,6,13-18H2,1-2H3. The molecule has 0 aliphatic carbocycles. The number of hydrogen-bond donors (Lipinski definition) is 0. The summed E-state index contributed by atoms with van der Waals surface area (Å²) in [4.78, 5) is 22.9. The van der Waals surface area contributed by atoms with Gasteiger partial charge in [-0.25, -0.2) is 4.98 Å². The number of anilines is 1. The Balaban J connectivity index is 1.40. The Morgan fingerprint density at radius 2 is 1.66 bits per heavy atom. The third-order valence-corrected chi connectivity index (χ3v) is 7.71. The van der Waals surface area contributed by atoms with Gasteiger partial charge in [0.1, 0.15) is 0 Å². The van der Waals surface area contributed by atoms with Gasteiger partial charge in [-0.15, -0.1) is 0 Å². The van der Waals surface area contributed by atoms with Crippen LogP contribution in [0.3, 0.4) is 0 Å². The molecule has 0 saturated carbocycles. The average molecular weight is 486 g/mol. The summed E-state index contributed by atoms with van der Waals surface area (Å²) < 4.78 is 6.59. The number of aromatic nitrogens is 1. The molecule has 35 heavy (non-hydrogen) atoms. The highest BCUT2D eigenvalue weighted by Gasteiger charge is 2.22. The lowest BCUT2D eigenvalue weighted by molar-refractivity contribution is 0.0376. The van der Waals surface area contributed by atoms with Gasteiger partial charge in [-0.2, -0.15) is 0 Å². The van der Waals surface area contributed by atoms with Crippen molar-refractivity contribution >= 4 is 32.6 Å². The van der Waals surface area contributed by atoms with Gasteiger partial charge < -0.3 is 4.74 Å². The molecule has 3 aromatic carbocycles. The number of morpholine rings is 1. The summed E-state index contributed by atoms with van der Waals surface area (Å²) in [6.07, 6.45) is 0.891. The van der Waals surface area contributed by atoms with Crippen LogP contribution in [0.25, 0.3) is 21.3 Å². The van der Waals surface area contributed by atoms with E-state index in [-0.39, 0.29) is 5.91 Å². The summed E-state index contributed by atoms with van der Waals surface area (Å²) in [5.41, 5.74) is 6.35. The van der Waals surface area contributed by atoms with Crippen LogP contribution in [0.5, 0.6) is 0 Å². The van der Waals surface area contributed by atoms with E-state index in [9.17, 15) is 4.79 Å².